The topological polar surface area (TPSA) is 99.9 Å². The molecule has 0 radical (unpaired) electrons. The van der Waals surface area contributed by atoms with Crippen LogP contribution >= 0.6 is 0 Å². The van der Waals surface area contributed by atoms with Crippen molar-refractivity contribution < 1.29 is 23.9 Å². The van der Waals surface area contributed by atoms with E-state index in [0.717, 1.165) is 11.3 Å². The van der Waals surface area contributed by atoms with E-state index in [2.05, 4.69) is 5.32 Å². The fourth-order valence-electron chi connectivity index (χ4n) is 2.52. The Kier molecular flexibility index (Phi) is 6.99. The molecule has 0 fully saturated rings. The van der Waals surface area contributed by atoms with E-state index >= 15 is 0 Å². The predicted octanol–water partition coefficient (Wildman–Crippen LogP) is 2.98. The van der Waals surface area contributed by atoms with Gasteiger partial charge in [-0.3, -0.25) is 14.9 Å². The second-order valence-corrected chi connectivity index (χ2v) is 5.56. The van der Waals surface area contributed by atoms with Crippen LogP contribution in [0.1, 0.15) is 22.8 Å². The average molecular weight is 374 g/mol. The molecule has 0 bridgehead atoms. The SMILES string of the molecule is CCOc1cc([N+](=O)[O-])c(C(=O)NCCc2ccc(OC)cc2)cc1OC. The first-order chi connectivity index (χ1) is 13.0. The molecule has 144 valence electrons. The van der Waals surface area contributed by atoms with Gasteiger partial charge in [-0.05, 0) is 31.0 Å². The van der Waals surface area contributed by atoms with Gasteiger partial charge in [0.05, 0.1) is 31.8 Å². The van der Waals surface area contributed by atoms with Crippen molar-refractivity contribution in [1.82, 2.24) is 5.32 Å². The number of ether oxygens (including phenoxy) is 3. The number of carbonyl (C=O) groups excluding carboxylic acids is 1. The number of hydrogen-bond donors (Lipinski definition) is 1. The van der Waals surface area contributed by atoms with Crippen LogP contribution in [0.15, 0.2) is 36.4 Å². The van der Waals surface area contributed by atoms with Gasteiger partial charge in [-0.25, -0.2) is 0 Å². The van der Waals surface area contributed by atoms with Crippen molar-refractivity contribution in [3.05, 3.63) is 57.6 Å². The Morgan fingerprint density at radius 2 is 1.81 bits per heavy atom. The lowest BCUT2D eigenvalue weighted by Gasteiger charge is -2.12. The van der Waals surface area contributed by atoms with Crippen LogP contribution in [0.25, 0.3) is 0 Å². The van der Waals surface area contributed by atoms with Gasteiger partial charge in [0.15, 0.2) is 11.5 Å². The third kappa shape index (κ3) is 5.10. The van der Waals surface area contributed by atoms with Crippen LogP contribution in [-0.4, -0.2) is 38.2 Å². The molecular weight excluding hydrogens is 352 g/mol. The molecule has 0 heterocycles. The van der Waals surface area contributed by atoms with Gasteiger partial charge in [-0.15, -0.1) is 0 Å². The highest BCUT2D eigenvalue weighted by Gasteiger charge is 2.24. The van der Waals surface area contributed by atoms with Crippen LogP contribution in [0.5, 0.6) is 17.2 Å². The molecule has 8 heteroatoms. The number of nitro groups is 1. The monoisotopic (exact) mass is 374 g/mol. The van der Waals surface area contributed by atoms with Crippen molar-refractivity contribution in [2.45, 2.75) is 13.3 Å². The van der Waals surface area contributed by atoms with Crippen molar-refractivity contribution in [3.8, 4) is 17.2 Å². The number of benzene rings is 2. The van der Waals surface area contributed by atoms with Crippen molar-refractivity contribution in [2.75, 3.05) is 27.4 Å². The minimum absolute atomic E-state index is 0.0740. The predicted molar refractivity (Wildman–Crippen MR) is 99.8 cm³/mol. The Labute approximate surface area is 157 Å². The molecule has 2 aromatic rings. The molecule has 0 saturated heterocycles. The molecule has 0 unspecified atom stereocenters. The van der Waals surface area contributed by atoms with E-state index in [0.29, 0.717) is 19.6 Å². The summed E-state index contributed by atoms with van der Waals surface area (Å²) in [6, 6.07) is 9.99. The van der Waals surface area contributed by atoms with Crippen molar-refractivity contribution >= 4 is 11.6 Å². The standard InChI is InChI=1S/C19H22N2O6/c1-4-27-18-12-16(21(23)24)15(11-17(18)26-3)19(22)20-10-9-13-5-7-14(25-2)8-6-13/h5-8,11-12H,4,9-10H2,1-3H3,(H,20,22). The van der Waals surface area contributed by atoms with Crippen LogP contribution in [0, 0.1) is 10.1 Å². The highest BCUT2D eigenvalue weighted by atomic mass is 16.6. The van der Waals surface area contributed by atoms with Crippen molar-refractivity contribution in [1.29, 1.82) is 0 Å². The molecule has 0 aliphatic heterocycles. The van der Waals surface area contributed by atoms with Gasteiger partial charge < -0.3 is 19.5 Å². The minimum atomic E-state index is -0.611. The molecule has 0 spiro atoms. The van der Waals surface area contributed by atoms with Gasteiger partial charge in [0, 0.05) is 12.6 Å². The smallest absolute Gasteiger partial charge is 0.286 e. The summed E-state index contributed by atoms with van der Waals surface area (Å²) in [5, 5.41) is 14.1. The maximum Gasteiger partial charge on any atom is 0.286 e. The average Bonchev–Trinajstić information content (AvgIpc) is 2.68. The molecule has 1 N–H and O–H groups in total. The van der Waals surface area contributed by atoms with Crippen LogP contribution < -0.4 is 19.5 Å². The molecule has 0 aliphatic rings. The van der Waals surface area contributed by atoms with Crippen LogP contribution in [0.3, 0.4) is 0 Å². The third-order valence-electron chi connectivity index (χ3n) is 3.88. The lowest BCUT2D eigenvalue weighted by molar-refractivity contribution is -0.385. The highest BCUT2D eigenvalue weighted by Crippen LogP contribution is 2.34. The molecule has 2 aromatic carbocycles. The maximum absolute atomic E-state index is 12.5. The zero-order chi connectivity index (χ0) is 19.8. The Morgan fingerprint density at radius 1 is 1.11 bits per heavy atom. The Balaban J connectivity index is 2.12. The van der Waals surface area contributed by atoms with Crippen molar-refractivity contribution in [2.24, 2.45) is 0 Å². The Morgan fingerprint density at radius 3 is 2.37 bits per heavy atom. The summed E-state index contributed by atoms with van der Waals surface area (Å²) in [5.41, 5.74) is 0.603. The van der Waals surface area contributed by atoms with E-state index in [1.165, 1.54) is 19.2 Å². The molecule has 1 amide bonds. The normalized spacial score (nSPS) is 10.2. The largest absolute Gasteiger partial charge is 0.497 e. The van der Waals surface area contributed by atoms with E-state index < -0.39 is 10.8 Å². The third-order valence-corrected chi connectivity index (χ3v) is 3.88. The zero-order valence-corrected chi connectivity index (χ0v) is 15.5. The summed E-state index contributed by atoms with van der Waals surface area (Å²) in [6.45, 7) is 2.41. The lowest BCUT2D eigenvalue weighted by atomic mass is 10.1. The molecular formula is C19H22N2O6. The number of methoxy groups -OCH3 is 2. The van der Waals surface area contributed by atoms with Crippen molar-refractivity contribution in [3.63, 3.8) is 0 Å². The molecule has 0 aliphatic carbocycles. The molecule has 0 aromatic heterocycles. The van der Waals surface area contributed by atoms with Gasteiger partial charge >= 0.3 is 0 Å². The summed E-state index contributed by atoms with van der Waals surface area (Å²) in [6.07, 6.45) is 0.581. The summed E-state index contributed by atoms with van der Waals surface area (Å²) in [7, 11) is 3.00. The van der Waals surface area contributed by atoms with E-state index in [-0.39, 0.29) is 22.7 Å². The lowest BCUT2D eigenvalue weighted by Crippen LogP contribution is -2.26. The Hall–Kier alpha value is -3.29. The summed E-state index contributed by atoms with van der Waals surface area (Å²) >= 11 is 0. The number of amides is 1. The van der Waals surface area contributed by atoms with E-state index in [1.807, 2.05) is 24.3 Å². The van der Waals surface area contributed by atoms with Crippen LogP contribution in [0.2, 0.25) is 0 Å². The summed E-state index contributed by atoms with van der Waals surface area (Å²) < 4.78 is 15.6. The maximum atomic E-state index is 12.5. The molecule has 8 nitrogen and oxygen atoms in total. The number of hydrogen-bond acceptors (Lipinski definition) is 6. The number of carbonyl (C=O) groups is 1. The number of nitrogens with one attached hydrogen (secondary N) is 1. The second kappa shape index (κ2) is 9.42. The van der Waals surface area contributed by atoms with E-state index in [9.17, 15) is 14.9 Å². The fraction of sp³-hybridized carbons (Fsp3) is 0.316. The second-order valence-electron chi connectivity index (χ2n) is 5.56. The van der Waals surface area contributed by atoms with Gasteiger partial charge in [0.1, 0.15) is 11.3 Å². The Bertz CT molecular complexity index is 805. The highest BCUT2D eigenvalue weighted by molar-refractivity contribution is 5.99. The first-order valence-corrected chi connectivity index (χ1v) is 8.40. The van der Waals surface area contributed by atoms with Crippen LogP contribution in [-0.2, 0) is 6.42 Å². The number of nitro benzene ring substituents is 1. The molecule has 27 heavy (non-hydrogen) atoms. The zero-order valence-electron chi connectivity index (χ0n) is 15.5. The summed E-state index contributed by atoms with van der Waals surface area (Å²) in [4.78, 5) is 23.2. The number of rotatable bonds is 9. The quantitative estimate of drug-likeness (QED) is 0.535. The van der Waals surface area contributed by atoms with Gasteiger partial charge in [0.25, 0.3) is 11.6 Å². The molecule has 0 saturated carbocycles. The minimum Gasteiger partial charge on any atom is -0.497 e. The first-order valence-electron chi connectivity index (χ1n) is 8.40. The van der Waals surface area contributed by atoms with E-state index in [4.69, 9.17) is 14.2 Å². The van der Waals surface area contributed by atoms with Crippen LogP contribution in [0.4, 0.5) is 5.69 Å². The van der Waals surface area contributed by atoms with Gasteiger partial charge in [-0.2, -0.15) is 0 Å². The van der Waals surface area contributed by atoms with Gasteiger partial charge in [0.2, 0.25) is 0 Å². The molecule has 0 atom stereocenters. The number of nitrogens with zero attached hydrogens (tertiary/aromatic N) is 1. The fourth-order valence-corrected chi connectivity index (χ4v) is 2.52. The van der Waals surface area contributed by atoms with E-state index in [1.54, 1.807) is 14.0 Å². The first kappa shape index (κ1) is 20.0. The van der Waals surface area contributed by atoms with Gasteiger partial charge in [-0.1, -0.05) is 12.1 Å². The molecule has 2 rings (SSSR count). The summed E-state index contributed by atoms with van der Waals surface area (Å²) in [5.74, 6) is 0.695.